The summed E-state index contributed by atoms with van der Waals surface area (Å²) in [5, 5.41) is 10.1. The highest BCUT2D eigenvalue weighted by Crippen LogP contribution is 2.31. The molecule has 3 nitrogen and oxygen atoms in total. The van der Waals surface area contributed by atoms with Gasteiger partial charge >= 0.3 is 5.97 Å². The normalized spacial score (nSPS) is 10.9. The zero-order chi connectivity index (χ0) is 15.9. The molecule has 22 heavy (non-hydrogen) atoms. The molecule has 0 fully saturated rings. The van der Waals surface area contributed by atoms with Crippen molar-refractivity contribution in [3.63, 3.8) is 0 Å². The fraction of sp³-hybridized carbons (Fsp3) is 0.0588. The number of aromatic carboxylic acids is 1. The number of benzene rings is 2. The monoisotopic (exact) mass is 359 g/mol. The quantitative estimate of drug-likeness (QED) is 0.714. The van der Waals surface area contributed by atoms with E-state index in [4.69, 9.17) is 0 Å². The van der Waals surface area contributed by atoms with Gasteiger partial charge in [-0.05, 0) is 42.8 Å². The van der Waals surface area contributed by atoms with Gasteiger partial charge in [0, 0.05) is 15.4 Å². The molecule has 0 bridgehead atoms. The van der Waals surface area contributed by atoms with Crippen LogP contribution in [0.25, 0.3) is 22.2 Å². The van der Waals surface area contributed by atoms with Gasteiger partial charge in [0.15, 0.2) is 0 Å². The van der Waals surface area contributed by atoms with Crippen LogP contribution in [0.5, 0.6) is 0 Å². The number of carbonyl (C=O) groups is 1. The molecule has 0 atom stereocenters. The average Bonchev–Trinajstić information content (AvgIpc) is 2.46. The van der Waals surface area contributed by atoms with Crippen molar-refractivity contribution in [3.05, 3.63) is 63.9 Å². The molecule has 0 saturated carbocycles. The van der Waals surface area contributed by atoms with E-state index >= 15 is 0 Å². The first-order chi connectivity index (χ1) is 10.5. The maximum absolute atomic E-state index is 13.5. The molecule has 0 aliphatic heterocycles. The summed E-state index contributed by atoms with van der Waals surface area (Å²) in [5.74, 6) is -1.41. The Balaban J connectivity index is 2.40. The minimum absolute atomic E-state index is 0.186. The first-order valence-corrected chi connectivity index (χ1v) is 7.36. The number of hydrogen-bond donors (Lipinski definition) is 1. The second-order valence-electron chi connectivity index (χ2n) is 4.94. The lowest BCUT2D eigenvalue weighted by Gasteiger charge is -2.12. The van der Waals surface area contributed by atoms with Gasteiger partial charge in [0.2, 0.25) is 0 Å². The molecule has 3 aromatic rings. The third-order valence-corrected chi connectivity index (χ3v) is 4.00. The highest BCUT2D eigenvalue weighted by molar-refractivity contribution is 9.10. The molecule has 0 radical (unpaired) electrons. The molecule has 0 amide bonds. The first kappa shape index (κ1) is 14.7. The summed E-state index contributed by atoms with van der Waals surface area (Å²) in [6.07, 6.45) is 0. The largest absolute Gasteiger partial charge is 0.478 e. The van der Waals surface area contributed by atoms with E-state index in [1.54, 1.807) is 37.3 Å². The summed E-state index contributed by atoms with van der Waals surface area (Å²) >= 11 is 3.34. The number of halogens is 2. The molecule has 5 heteroatoms. The van der Waals surface area contributed by atoms with Crippen molar-refractivity contribution in [3.8, 4) is 11.3 Å². The van der Waals surface area contributed by atoms with Crippen LogP contribution in [0.2, 0.25) is 0 Å². The van der Waals surface area contributed by atoms with E-state index in [9.17, 15) is 14.3 Å². The molecule has 0 aliphatic rings. The van der Waals surface area contributed by atoms with Crippen LogP contribution in [0.3, 0.4) is 0 Å². The van der Waals surface area contributed by atoms with Crippen LogP contribution in [0.1, 0.15) is 15.9 Å². The highest BCUT2D eigenvalue weighted by atomic mass is 79.9. The maximum Gasteiger partial charge on any atom is 0.336 e. The third kappa shape index (κ3) is 2.48. The van der Waals surface area contributed by atoms with Gasteiger partial charge in [0.05, 0.1) is 16.8 Å². The lowest BCUT2D eigenvalue weighted by atomic mass is 9.98. The Hall–Kier alpha value is -2.27. The SMILES string of the molecule is Cc1c(-c2cccc(F)c2)nc2ccc(Br)cc2c1C(=O)O. The molecule has 0 unspecified atom stereocenters. The van der Waals surface area contributed by atoms with Crippen LogP contribution < -0.4 is 0 Å². The molecule has 1 heterocycles. The summed E-state index contributed by atoms with van der Waals surface area (Å²) in [7, 11) is 0. The minimum atomic E-state index is -1.03. The van der Waals surface area contributed by atoms with Crippen LogP contribution in [0.15, 0.2) is 46.9 Å². The highest BCUT2D eigenvalue weighted by Gasteiger charge is 2.18. The Labute approximate surface area is 134 Å². The van der Waals surface area contributed by atoms with E-state index in [-0.39, 0.29) is 11.4 Å². The van der Waals surface area contributed by atoms with Crippen molar-refractivity contribution in [1.82, 2.24) is 4.98 Å². The van der Waals surface area contributed by atoms with Crippen molar-refractivity contribution in [2.45, 2.75) is 6.92 Å². The minimum Gasteiger partial charge on any atom is -0.478 e. The Morgan fingerprint density at radius 2 is 2.00 bits per heavy atom. The zero-order valence-electron chi connectivity index (χ0n) is 11.6. The van der Waals surface area contributed by atoms with Gasteiger partial charge in [0.25, 0.3) is 0 Å². The van der Waals surface area contributed by atoms with Crippen molar-refractivity contribution in [1.29, 1.82) is 0 Å². The summed E-state index contributed by atoms with van der Waals surface area (Å²) in [6.45, 7) is 1.69. The molecular weight excluding hydrogens is 349 g/mol. The van der Waals surface area contributed by atoms with Crippen LogP contribution in [0.4, 0.5) is 4.39 Å². The Morgan fingerprint density at radius 1 is 1.23 bits per heavy atom. The molecular formula is C17H11BrFNO2. The second-order valence-corrected chi connectivity index (χ2v) is 5.85. The molecule has 0 saturated heterocycles. The molecule has 0 aliphatic carbocycles. The Bertz CT molecular complexity index is 909. The maximum atomic E-state index is 13.5. The molecule has 0 spiro atoms. The fourth-order valence-corrected chi connectivity index (χ4v) is 2.88. The summed E-state index contributed by atoms with van der Waals surface area (Å²) in [5.41, 5.74) is 2.30. The van der Waals surface area contributed by atoms with Crippen LogP contribution in [-0.2, 0) is 0 Å². The van der Waals surface area contributed by atoms with Crippen LogP contribution in [0, 0.1) is 12.7 Å². The number of fused-ring (bicyclic) bond motifs is 1. The Kier molecular flexibility index (Phi) is 3.66. The van der Waals surface area contributed by atoms with E-state index in [0.29, 0.717) is 27.7 Å². The summed E-state index contributed by atoms with van der Waals surface area (Å²) < 4.78 is 14.2. The Morgan fingerprint density at radius 3 is 2.68 bits per heavy atom. The lowest BCUT2D eigenvalue weighted by Crippen LogP contribution is -2.05. The van der Waals surface area contributed by atoms with E-state index in [1.165, 1.54) is 12.1 Å². The van der Waals surface area contributed by atoms with Crippen molar-refractivity contribution in [2.75, 3.05) is 0 Å². The molecule has 2 aromatic carbocycles. The van der Waals surface area contributed by atoms with Crippen molar-refractivity contribution >= 4 is 32.8 Å². The molecule has 110 valence electrons. The molecule has 3 rings (SSSR count). The number of carboxylic acid groups (broad SMARTS) is 1. The first-order valence-electron chi connectivity index (χ1n) is 6.56. The number of pyridine rings is 1. The number of nitrogens with zero attached hydrogens (tertiary/aromatic N) is 1. The van der Waals surface area contributed by atoms with Gasteiger partial charge in [0.1, 0.15) is 5.82 Å². The van der Waals surface area contributed by atoms with Crippen LogP contribution >= 0.6 is 15.9 Å². The third-order valence-electron chi connectivity index (χ3n) is 3.50. The number of hydrogen-bond acceptors (Lipinski definition) is 2. The van der Waals surface area contributed by atoms with Crippen LogP contribution in [-0.4, -0.2) is 16.1 Å². The number of rotatable bonds is 2. The zero-order valence-corrected chi connectivity index (χ0v) is 13.2. The van der Waals surface area contributed by atoms with Gasteiger partial charge in [-0.2, -0.15) is 0 Å². The predicted octanol–water partition coefficient (Wildman–Crippen LogP) is 4.81. The predicted molar refractivity (Wildman–Crippen MR) is 86.5 cm³/mol. The van der Waals surface area contributed by atoms with Gasteiger partial charge < -0.3 is 5.11 Å². The summed E-state index contributed by atoms with van der Waals surface area (Å²) in [6, 6.07) is 11.3. The van der Waals surface area contributed by atoms with E-state index in [1.807, 2.05) is 0 Å². The van der Waals surface area contributed by atoms with E-state index < -0.39 is 5.97 Å². The van der Waals surface area contributed by atoms with E-state index in [2.05, 4.69) is 20.9 Å². The lowest BCUT2D eigenvalue weighted by molar-refractivity contribution is 0.0698. The topological polar surface area (TPSA) is 50.2 Å². The number of carboxylic acids is 1. The van der Waals surface area contributed by atoms with E-state index in [0.717, 1.165) is 4.47 Å². The second kappa shape index (κ2) is 5.50. The standard InChI is InChI=1S/C17H11BrFNO2/c1-9-15(17(21)22)13-8-11(18)5-6-14(13)20-16(9)10-3-2-4-12(19)7-10/h2-8H,1H3,(H,21,22). The average molecular weight is 360 g/mol. The molecule has 1 aromatic heterocycles. The van der Waals surface area contributed by atoms with Gasteiger partial charge in [-0.1, -0.05) is 28.1 Å². The van der Waals surface area contributed by atoms with Crippen molar-refractivity contribution < 1.29 is 14.3 Å². The smallest absolute Gasteiger partial charge is 0.336 e. The van der Waals surface area contributed by atoms with Crippen molar-refractivity contribution in [2.24, 2.45) is 0 Å². The van der Waals surface area contributed by atoms with Gasteiger partial charge in [-0.15, -0.1) is 0 Å². The van der Waals surface area contributed by atoms with Gasteiger partial charge in [-0.25, -0.2) is 14.2 Å². The molecule has 1 N–H and O–H groups in total. The fourth-order valence-electron chi connectivity index (χ4n) is 2.52. The summed E-state index contributed by atoms with van der Waals surface area (Å²) in [4.78, 5) is 16.2. The number of aromatic nitrogens is 1. The van der Waals surface area contributed by atoms with Gasteiger partial charge in [-0.3, -0.25) is 0 Å².